The maximum atomic E-state index is 12.8. The highest BCUT2D eigenvalue weighted by atomic mass is 19.1. The zero-order valence-electron chi connectivity index (χ0n) is 9.27. The van der Waals surface area contributed by atoms with Crippen LogP contribution in [0.5, 0.6) is 0 Å². The number of hydrogen-bond donors (Lipinski definition) is 1. The number of nitrogens with zero attached hydrogens (tertiary/aromatic N) is 1. The zero-order valence-corrected chi connectivity index (χ0v) is 9.27. The molecule has 0 fully saturated rings. The summed E-state index contributed by atoms with van der Waals surface area (Å²) in [4.78, 5) is 3.04. The quantitative estimate of drug-likeness (QED) is 0.881. The van der Waals surface area contributed by atoms with Gasteiger partial charge < -0.3 is 9.72 Å². The number of halogens is 1. The van der Waals surface area contributed by atoms with E-state index in [2.05, 4.69) is 4.98 Å². The molecule has 1 aromatic heterocycles. The summed E-state index contributed by atoms with van der Waals surface area (Å²) in [6.45, 7) is 0. The Hall–Kier alpha value is -2.12. The molecule has 0 saturated carbocycles. The van der Waals surface area contributed by atoms with Crippen LogP contribution in [0.15, 0.2) is 36.5 Å². The van der Waals surface area contributed by atoms with E-state index in [0.29, 0.717) is 0 Å². The Bertz CT molecular complexity index is 539. The summed E-state index contributed by atoms with van der Waals surface area (Å²) in [5.41, 5.74) is 2.46. The summed E-state index contributed by atoms with van der Waals surface area (Å²) in [6.07, 6.45) is 1.14. The van der Waals surface area contributed by atoms with Crippen molar-refractivity contribution in [2.45, 2.75) is 6.10 Å². The first kappa shape index (κ1) is 11.4. The number of nitrogens with one attached hydrogen (secondary N) is 1. The lowest BCUT2D eigenvalue weighted by molar-refractivity contribution is 0.149. The van der Waals surface area contributed by atoms with Gasteiger partial charge in [-0.3, -0.25) is 0 Å². The average molecular weight is 230 g/mol. The molecule has 0 bridgehead atoms. The molecule has 3 nitrogen and oxygen atoms in total. The molecule has 2 aromatic rings. The van der Waals surface area contributed by atoms with E-state index in [1.54, 1.807) is 18.3 Å². The highest BCUT2D eigenvalue weighted by Crippen LogP contribution is 2.23. The molecule has 4 heteroatoms. The molecule has 0 amide bonds. The molecule has 1 aromatic carbocycles. The number of methoxy groups -OCH3 is 1. The molecule has 17 heavy (non-hydrogen) atoms. The molecule has 1 N–H and O–H groups in total. The number of aromatic amines is 1. The summed E-state index contributed by atoms with van der Waals surface area (Å²) in [5, 5.41) is 8.86. The van der Waals surface area contributed by atoms with Gasteiger partial charge in [-0.25, -0.2) is 4.39 Å². The third kappa shape index (κ3) is 2.35. The van der Waals surface area contributed by atoms with Crippen LogP contribution in [-0.4, -0.2) is 12.1 Å². The molecule has 0 aliphatic heterocycles. The van der Waals surface area contributed by atoms with Crippen molar-refractivity contribution in [3.05, 3.63) is 47.9 Å². The van der Waals surface area contributed by atoms with Crippen LogP contribution in [0.1, 0.15) is 11.7 Å². The van der Waals surface area contributed by atoms with Crippen LogP contribution >= 0.6 is 0 Å². The Morgan fingerprint density at radius 1 is 1.35 bits per heavy atom. The number of aromatic nitrogens is 1. The molecule has 0 radical (unpaired) electrons. The minimum atomic E-state index is -0.583. The average Bonchev–Trinajstić information content (AvgIpc) is 2.81. The molecule has 0 aliphatic rings. The second kappa shape index (κ2) is 4.81. The highest BCUT2D eigenvalue weighted by molar-refractivity contribution is 5.60. The van der Waals surface area contributed by atoms with Gasteiger partial charge in [0.2, 0.25) is 0 Å². The largest absolute Gasteiger partial charge is 0.362 e. The van der Waals surface area contributed by atoms with Crippen molar-refractivity contribution < 1.29 is 9.13 Å². The highest BCUT2D eigenvalue weighted by Gasteiger charge is 2.11. The predicted molar refractivity (Wildman–Crippen MR) is 61.5 cm³/mol. The van der Waals surface area contributed by atoms with E-state index >= 15 is 0 Å². The number of benzene rings is 1. The third-order valence-electron chi connectivity index (χ3n) is 2.52. The Labute approximate surface area is 98.5 Å². The van der Waals surface area contributed by atoms with Gasteiger partial charge in [-0.2, -0.15) is 5.26 Å². The van der Waals surface area contributed by atoms with Gasteiger partial charge in [0.15, 0.2) is 6.10 Å². The summed E-state index contributed by atoms with van der Waals surface area (Å²) in [7, 11) is 1.48. The van der Waals surface area contributed by atoms with Crippen LogP contribution in [0.2, 0.25) is 0 Å². The number of nitriles is 1. The normalized spacial score (nSPS) is 12.1. The maximum absolute atomic E-state index is 12.8. The first-order chi connectivity index (χ1) is 8.24. The van der Waals surface area contributed by atoms with Crippen LogP contribution in [0, 0.1) is 17.1 Å². The van der Waals surface area contributed by atoms with Crippen molar-refractivity contribution >= 4 is 0 Å². The maximum Gasteiger partial charge on any atom is 0.170 e. The Balaban J connectivity index is 2.30. The molecule has 0 aliphatic carbocycles. The van der Waals surface area contributed by atoms with Crippen molar-refractivity contribution in [3.8, 4) is 17.3 Å². The summed E-state index contributed by atoms with van der Waals surface area (Å²) < 4.78 is 17.8. The van der Waals surface area contributed by atoms with Gasteiger partial charge in [0.1, 0.15) is 5.82 Å². The van der Waals surface area contributed by atoms with Gasteiger partial charge in [-0.1, -0.05) is 0 Å². The molecule has 2 rings (SSSR count). The standard InChI is InChI=1S/C13H11FN2O/c1-17-13(7-15)10-6-12(16-8-10)9-2-4-11(14)5-3-9/h2-6,8,13,16H,1H3. The lowest BCUT2D eigenvalue weighted by atomic mass is 10.1. The predicted octanol–water partition coefficient (Wildman–Crippen LogP) is 3.03. The van der Waals surface area contributed by atoms with E-state index in [1.807, 2.05) is 12.1 Å². The molecule has 0 spiro atoms. The van der Waals surface area contributed by atoms with Gasteiger partial charge in [0.25, 0.3) is 0 Å². The molecule has 1 unspecified atom stereocenters. The van der Waals surface area contributed by atoms with Crippen LogP contribution < -0.4 is 0 Å². The lowest BCUT2D eigenvalue weighted by Gasteiger charge is -2.02. The lowest BCUT2D eigenvalue weighted by Crippen LogP contribution is -1.95. The van der Waals surface area contributed by atoms with Crippen molar-refractivity contribution in [2.24, 2.45) is 0 Å². The fourth-order valence-corrected chi connectivity index (χ4v) is 1.62. The molecular formula is C13H11FN2O. The van der Waals surface area contributed by atoms with Gasteiger partial charge >= 0.3 is 0 Å². The first-order valence-corrected chi connectivity index (χ1v) is 5.11. The second-order valence-corrected chi connectivity index (χ2v) is 3.60. The Morgan fingerprint density at radius 3 is 2.65 bits per heavy atom. The molecule has 1 atom stereocenters. The van der Waals surface area contributed by atoms with E-state index in [0.717, 1.165) is 16.8 Å². The van der Waals surface area contributed by atoms with Crippen LogP contribution in [0.25, 0.3) is 11.3 Å². The number of rotatable bonds is 3. The SMILES string of the molecule is COC(C#N)c1c[nH]c(-c2ccc(F)cc2)c1. The van der Waals surface area contributed by atoms with Crippen LogP contribution in [-0.2, 0) is 4.74 Å². The fourth-order valence-electron chi connectivity index (χ4n) is 1.62. The van der Waals surface area contributed by atoms with Gasteiger partial charge in [-0.05, 0) is 35.9 Å². The minimum Gasteiger partial charge on any atom is -0.362 e. The van der Waals surface area contributed by atoms with Crippen LogP contribution in [0.4, 0.5) is 4.39 Å². The fraction of sp³-hybridized carbons (Fsp3) is 0.154. The van der Waals surface area contributed by atoms with E-state index in [4.69, 9.17) is 10.00 Å². The summed E-state index contributed by atoms with van der Waals surface area (Å²) in [6, 6.07) is 10.0. The van der Waals surface area contributed by atoms with Crippen molar-refractivity contribution in [3.63, 3.8) is 0 Å². The van der Waals surface area contributed by atoms with Crippen molar-refractivity contribution in [2.75, 3.05) is 7.11 Å². The number of H-pyrrole nitrogens is 1. The molecule has 86 valence electrons. The van der Waals surface area contributed by atoms with E-state index in [-0.39, 0.29) is 5.82 Å². The smallest absolute Gasteiger partial charge is 0.170 e. The van der Waals surface area contributed by atoms with Crippen LogP contribution in [0.3, 0.4) is 0 Å². The summed E-state index contributed by atoms with van der Waals surface area (Å²) in [5.74, 6) is -0.271. The Kier molecular flexibility index (Phi) is 3.22. The molecular weight excluding hydrogens is 219 g/mol. The van der Waals surface area contributed by atoms with Crippen molar-refractivity contribution in [1.82, 2.24) is 4.98 Å². The Morgan fingerprint density at radius 2 is 2.06 bits per heavy atom. The molecule has 1 heterocycles. The number of ether oxygens (including phenoxy) is 1. The zero-order chi connectivity index (χ0) is 12.3. The molecule has 0 saturated heterocycles. The van der Waals surface area contributed by atoms with E-state index in [9.17, 15) is 4.39 Å². The second-order valence-electron chi connectivity index (χ2n) is 3.60. The monoisotopic (exact) mass is 230 g/mol. The van der Waals surface area contributed by atoms with Gasteiger partial charge in [-0.15, -0.1) is 0 Å². The third-order valence-corrected chi connectivity index (χ3v) is 2.52. The van der Waals surface area contributed by atoms with Gasteiger partial charge in [0.05, 0.1) is 6.07 Å². The van der Waals surface area contributed by atoms with Crippen molar-refractivity contribution in [1.29, 1.82) is 5.26 Å². The topological polar surface area (TPSA) is 48.8 Å². The summed E-state index contributed by atoms with van der Waals surface area (Å²) >= 11 is 0. The minimum absolute atomic E-state index is 0.271. The number of hydrogen-bond acceptors (Lipinski definition) is 2. The van der Waals surface area contributed by atoms with Gasteiger partial charge in [0, 0.05) is 24.6 Å². The van der Waals surface area contributed by atoms with E-state index in [1.165, 1.54) is 19.2 Å². The first-order valence-electron chi connectivity index (χ1n) is 5.11. The van der Waals surface area contributed by atoms with E-state index < -0.39 is 6.10 Å².